The van der Waals surface area contributed by atoms with Gasteiger partial charge >= 0.3 is 0 Å². The summed E-state index contributed by atoms with van der Waals surface area (Å²) in [4.78, 5) is 17.4. The highest BCUT2D eigenvalue weighted by molar-refractivity contribution is 7.80. The summed E-state index contributed by atoms with van der Waals surface area (Å²) in [6.07, 6.45) is 3.72. The standard InChI is InChI=1S/C15H29N3OS/c1-4-17(5-2)11-8-12-18(6-3)14(19)15(13(16)20)9-7-10-15/h4-12H2,1-3H3,(H2,16,20). The topological polar surface area (TPSA) is 49.6 Å². The lowest BCUT2D eigenvalue weighted by Gasteiger charge is -2.42. The van der Waals surface area contributed by atoms with Gasteiger partial charge in [0.2, 0.25) is 5.91 Å². The highest BCUT2D eigenvalue weighted by atomic mass is 32.1. The first-order valence-corrected chi connectivity index (χ1v) is 8.24. The van der Waals surface area contributed by atoms with Crippen LogP contribution in [0.2, 0.25) is 0 Å². The molecule has 4 nitrogen and oxygen atoms in total. The third-order valence-electron chi connectivity index (χ3n) is 4.55. The summed E-state index contributed by atoms with van der Waals surface area (Å²) in [7, 11) is 0. The van der Waals surface area contributed by atoms with E-state index >= 15 is 0 Å². The van der Waals surface area contributed by atoms with Crippen LogP contribution in [0.4, 0.5) is 0 Å². The molecule has 0 saturated heterocycles. The average Bonchev–Trinajstić information content (AvgIpc) is 2.37. The van der Waals surface area contributed by atoms with Crippen molar-refractivity contribution < 1.29 is 4.79 Å². The summed E-state index contributed by atoms with van der Waals surface area (Å²) < 4.78 is 0. The third kappa shape index (κ3) is 3.70. The van der Waals surface area contributed by atoms with Gasteiger partial charge in [0, 0.05) is 13.1 Å². The van der Waals surface area contributed by atoms with Gasteiger partial charge in [0.15, 0.2) is 0 Å². The maximum Gasteiger partial charge on any atom is 0.235 e. The van der Waals surface area contributed by atoms with Gasteiger partial charge in [-0.2, -0.15) is 0 Å². The van der Waals surface area contributed by atoms with Gasteiger partial charge in [-0.05, 0) is 45.8 Å². The van der Waals surface area contributed by atoms with Crippen molar-refractivity contribution in [1.29, 1.82) is 0 Å². The van der Waals surface area contributed by atoms with Gasteiger partial charge in [-0.15, -0.1) is 0 Å². The first-order chi connectivity index (χ1) is 9.51. The number of nitrogens with zero attached hydrogens (tertiary/aromatic N) is 2. The van der Waals surface area contributed by atoms with Gasteiger partial charge in [0.05, 0.1) is 10.4 Å². The number of nitrogens with two attached hydrogens (primary N) is 1. The molecule has 1 rings (SSSR count). The van der Waals surface area contributed by atoms with Crippen LogP contribution in [0.15, 0.2) is 0 Å². The summed E-state index contributed by atoms with van der Waals surface area (Å²) in [6.45, 7) is 11.1. The zero-order valence-electron chi connectivity index (χ0n) is 13.2. The summed E-state index contributed by atoms with van der Waals surface area (Å²) in [5.74, 6) is 0.151. The molecular formula is C15H29N3OS. The number of thiocarbonyl (C=S) groups is 1. The third-order valence-corrected chi connectivity index (χ3v) is 4.94. The van der Waals surface area contributed by atoms with E-state index in [-0.39, 0.29) is 5.91 Å². The Bertz CT molecular complexity index is 338. The first-order valence-electron chi connectivity index (χ1n) is 7.83. The smallest absolute Gasteiger partial charge is 0.235 e. The van der Waals surface area contributed by atoms with Gasteiger partial charge in [-0.3, -0.25) is 4.79 Å². The van der Waals surface area contributed by atoms with Crippen molar-refractivity contribution in [2.45, 2.75) is 46.5 Å². The van der Waals surface area contributed by atoms with E-state index in [0.29, 0.717) is 4.99 Å². The van der Waals surface area contributed by atoms with Crippen LogP contribution >= 0.6 is 12.2 Å². The van der Waals surface area contributed by atoms with Crippen LogP contribution in [0.5, 0.6) is 0 Å². The fourth-order valence-electron chi connectivity index (χ4n) is 2.83. The van der Waals surface area contributed by atoms with Crippen LogP contribution in [-0.2, 0) is 4.79 Å². The average molecular weight is 299 g/mol. The second-order valence-electron chi connectivity index (χ2n) is 5.57. The quantitative estimate of drug-likeness (QED) is 0.662. The minimum atomic E-state index is -0.527. The van der Waals surface area contributed by atoms with Gasteiger partial charge in [0.25, 0.3) is 0 Å². The molecule has 0 aromatic rings. The van der Waals surface area contributed by atoms with E-state index in [1.165, 1.54) is 0 Å². The second kappa shape index (κ2) is 7.93. The molecule has 0 heterocycles. The number of rotatable bonds is 9. The molecule has 2 N–H and O–H groups in total. The normalized spacial score (nSPS) is 16.8. The van der Waals surface area contributed by atoms with Crippen LogP contribution in [0.1, 0.15) is 46.5 Å². The Balaban J connectivity index is 2.53. The SMILES string of the molecule is CCN(CC)CCCN(CC)C(=O)C1(C(N)=S)CCC1. The van der Waals surface area contributed by atoms with Gasteiger partial charge in [-0.1, -0.05) is 32.5 Å². The maximum absolute atomic E-state index is 12.7. The first kappa shape index (κ1) is 17.4. The lowest BCUT2D eigenvalue weighted by atomic mass is 9.67. The fourth-order valence-corrected chi connectivity index (χ4v) is 3.12. The molecule has 0 spiro atoms. The van der Waals surface area contributed by atoms with E-state index in [2.05, 4.69) is 18.7 Å². The molecule has 1 aliphatic rings. The molecule has 116 valence electrons. The lowest BCUT2D eigenvalue weighted by Crippen LogP contribution is -2.54. The Hall–Kier alpha value is -0.680. The lowest BCUT2D eigenvalue weighted by molar-refractivity contribution is -0.141. The highest BCUT2D eigenvalue weighted by Gasteiger charge is 2.48. The molecule has 1 amide bonds. The molecule has 0 aromatic heterocycles. The molecule has 0 unspecified atom stereocenters. The molecule has 0 radical (unpaired) electrons. The Morgan fingerprint density at radius 2 is 1.75 bits per heavy atom. The highest BCUT2D eigenvalue weighted by Crippen LogP contribution is 2.42. The molecule has 0 aliphatic heterocycles. The summed E-state index contributed by atoms with van der Waals surface area (Å²) in [5, 5.41) is 0. The molecule has 0 bridgehead atoms. The number of amides is 1. The minimum Gasteiger partial charge on any atom is -0.392 e. The number of hydrogen-bond donors (Lipinski definition) is 1. The van der Waals surface area contributed by atoms with E-state index in [1.54, 1.807) is 0 Å². The molecule has 5 heteroatoms. The summed E-state index contributed by atoms with van der Waals surface area (Å²) in [6, 6.07) is 0. The Kier molecular flexibility index (Phi) is 6.89. The van der Waals surface area contributed by atoms with Gasteiger partial charge in [0.1, 0.15) is 0 Å². The van der Waals surface area contributed by atoms with E-state index in [4.69, 9.17) is 18.0 Å². The molecule has 0 atom stereocenters. The second-order valence-corrected chi connectivity index (χ2v) is 6.00. The number of carbonyl (C=O) groups excluding carboxylic acids is 1. The zero-order chi connectivity index (χ0) is 15.2. The molecule has 0 aromatic carbocycles. The van der Waals surface area contributed by atoms with Crippen molar-refractivity contribution in [1.82, 2.24) is 9.80 Å². The van der Waals surface area contributed by atoms with Crippen LogP contribution in [0, 0.1) is 5.41 Å². The monoisotopic (exact) mass is 299 g/mol. The molecule has 1 fully saturated rings. The predicted molar refractivity (Wildman–Crippen MR) is 87.7 cm³/mol. The Labute approximate surface area is 128 Å². The Morgan fingerprint density at radius 1 is 1.15 bits per heavy atom. The fraction of sp³-hybridized carbons (Fsp3) is 0.867. The van der Waals surface area contributed by atoms with Crippen molar-refractivity contribution in [3.05, 3.63) is 0 Å². The largest absolute Gasteiger partial charge is 0.392 e. The molecule has 1 aliphatic carbocycles. The minimum absolute atomic E-state index is 0.151. The van der Waals surface area contributed by atoms with Crippen molar-refractivity contribution in [2.75, 3.05) is 32.7 Å². The van der Waals surface area contributed by atoms with Crippen LogP contribution < -0.4 is 5.73 Å². The van der Waals surface area contributed by atoms with E-state index < -0.39 is 5.41 Å². The van der Waals surface area contributed by atoms with Crippen molar-refractivity contribution in [3.8, 4) is 0 Å². The molecular weight excluding hydrogens is 270 g/mol. The van der Waals surface area contributed by atoms with E-state index in [0.717, 1.165) is 58.4 Å². The Morgan fingerprint density at radius 3 is 2.10 bits per heavy atom. The van der Waals surface area contributed by atoms with Crippen LogP contribution in [0.25, 0.3) is 0 Å². The number of carbonyl (C=O) groups is 1. The summed E-state index contributed by atoms with van der Waals surface area (Å²) in [5.41, 5.74) is 5.29. The van der Waals surface area contributed by atoms with Crippen LogP contribution in [0.3, 0.4) is 0 Å². The molecule has 20 heavy (non-hydrogen) atoms. The number of hydrogen-bond acceptors (Lipinski definition) is 3. The van der Waals surface area contributed by atoms with Crippen molar-refractivity contribution in [2.24, 2.45) is 11.1 Å². The van der Waals surface area contributed by atoms with E-state index in [9.17, 15) is 4.79 Å². The van der Waals surface area contributed by atoms with Crippen molar-refractivity contribution >= 4 is 23.1 Å². The van der Waals surface area contributed by atoms with Crippen LogP contribution in [-0.4, -0.2) is 53.4 Å². The predicted octanol–water partition coefficient (Wildman–Crippen LogP) is 2.02. The van der Waals surface area contributed by atoms with Gasteiger partial charge < -0.3 is 15.5 Å². The van der Waals surface area contributed by atoms with Crippen molar-refractivity contribution in [3.63, 3.8) is 0 Å². The maximum atomic E-state index is 12.7. The van der Waals surface area contributed by atoms with E-state index in [1.807, 2.05) is 11.8 Å². The zero-order valence-corrected chi connectivity index (χ0v) is 14.0. The molecule has 1 saturated carbocycles. The summed E-state index contributed by atoms with van der Waals surface area (Å²) >= 11 is 5.14. The van der Waals surface area contributed by atoms with Gasteiger partial charge in [-0.25, -0.2) is 0 Å².